The fraction of sp³-hybridized carbons (Fsp3) is 0.545. The minimum atomic E-state index is -1.17. The summed E-state index contributed by atoms with van der Waals surface area (Å²) in [5.41, 5.74) is 6.31. The van der Waals surface area contributed by atoms with Crippen molar-refractivity contribution in [3.05, 3.63) is 17.9 Å². The van der Waals surface area contributed by atoms with Gasteiger partial charge in [0, 0.05) is 6.08 Å². The topological polar surface area (TPSA) is 0 Å². The summed E-state index contributed by atoms with van der Waals surface area (Å²) < 4.78 is 0. The Morgan fingerprint density at radius 3 is 2.42 bits per heavy atom. The summed E-state index contributed by atoms with van der Waals surface area (Å²) in [5.74, 6) is 3.03. The molecule has 0 radical (unpaired) electrons. The molecule has 0 rings (SSSR count). The van der Waals surface area contributed by atoms with Crippen molar-refractivity contribution in [2.75, 3.05) is 0 Å². The molecule has 0 saturated carbocycles. The van der Waals surface area contributed by atoms with Gasteiger partial charge in [-0.2, -0.15) is 0 Å². The maximum atomic E-state index is 3.25. The highest BCUT2D eigenvalue weighted by molar-refractivity contribution is 6.83. The lowest BCUT2D eigenvalue weighted by Crippen LogP contribution is -2.16. The molecule has 0 unspecified atom stereocenters. The zero-order valence-electron chi connectivity index (χ0n) is 8.57. The van der Waals surface area contributed by atoms with Gasteiger partial charge in [-0.3, -0.25) is 0 Å². The molecule has 0 aromatic heterocycles. The van der Waals surface area contributed by atoms with Crippen LogP contribution < -0.4 is 0 Å². The van der Waals surface area contributed by atoms with Gasteiger partial charge in [0.2, 0.25) is 0 Å². The maximum absolute atomic E-state index is 3.25. The Morgan fingerprint density at radius 1 is 1.25 bits per heavy atom. The van der Waals surface area contributed by atoms with E-state index in [4.69, 9.17) is 0 Å². The SMILES string of the molecule is CCCC=C=CC#C[Si](C)(C)C. The number of rotatable bonds is 2. The summed E-state index contributed by atoms with van der Waals surface area (Å²) in [4.78, 5) is 0. The quantitative estimate of drug-likeness (QED) is 0.345. The molecule has 0 aromatic rings. The summed E-state index contributed by atoms with van der Waals surface area (Å²) in [7, 11) is -1.17. The second-order valence-electron chi connectivity index (χ2n) is 3.82. The van der Waals surface area contributed by atoms with Crippen LogP contribution in [0.25, 0.3) is 0 Å². The number of hydrogen-bond acceptors (Lipinski definition) is 0. The molecule has 0 aliphatic carbocycles. The van der Waals surface area contributed by atoms with Crippen LogP contribution in [0.5, 0.6) is 0 Å². The van der Waals surface area contributed by atoms with E-state index in [0.717, 1.165) is 6.42 Å². The van der Waals surface area contributed by atoms with Gasteiger partial charge in [-0.1, -0.05) is 38.9 Å². The smallest absolute Gasteiger partial charge is 0.127 e. The van der Waals surface area contributed by atoms with E-state index in [-0.39, 0.29) is 0 Å². The van der Waals surface area contributed by atoms with E-state index in [1.165, 1.54) is 6.42 Å². The highest BCUT2D eigenvalue weighted by Crippen LogP contribution is 1.95. The molecule has 0 aliphatic rings. The number of unbranched alkanes of at least 4 members (excludes halogenated alkanes) is 1. The first kappa shape index (κ1) is 11.3. The van der Waals surface area contributed by atoms with Gasteiger partial charge in [-0.25, -0.2) is 0 Å². The lowest BCUT2D eigenvalue weighted by Gasteiger charge is -2.01. The molecular weight excluding hydrogens is 160 g/mol. The second-order valence-corrected chi connectivity index (χ2v) is 8.57. The average molecular weight is 178 g/mol. The summed E-state index contributed by atoms with van der Waals surface area (Å²) in [6, 6.07) is 0. The molecule has 0 aliphatic heterocycles. The molecule has 1 heteroatoms. The van der Waals surface area contributed by atoms with Crippen molar-refractivity contribution in [3.63, 3.8) is 0 Å². The first-order chi connectivity index (χ1) is 5.56. The van der Waals surface area contributed by atoms with Crippen LogP contribution in [-0.2, 0) is 0 Å². The van der Waals surface area contributed by atoms with Crippen molar-refractivity contribution in [2.45, 2.75) is 39.4 Å². The molecule has 0 bridgehead atoms. The molecule has 66 valence electrons. The third kappa shape index (κ3) is 9.30. The number of hydrogen-bond donors (Lipinski definition) is 0. The Kier molecular flexibility index (Phi) is 5.54. The predicted molar refractivity (Wildman–Crippen MR) is 58.7 cm³/mol. The Balaban J connectivity index is 3.93. The zero-order valence-corrected chi connectivity index (χ0v) is 9.57. The summed E-state index contributed by atoms with van der Waals surface area (Å²) in [6.45, 7) is 8.88. The highest BCUT2D eigenvalue weighted by Gasteiger charge is 2.06. The lowest BCUT2D eigenvalue weighted by atomic mass is 10.3. The molecule has 0 spiro atoms. The molecule has 0 nitrogen and oxygen atoms in total. The van der Waals surface area contributed by atoms with Gasteiger partial charge >= 0.3 is 0 Å². The summed E-state index contributed by atoms with van der Waals surface area (Å²) >= 11 is 0. The number of allylic oxidation sites excluding steroid dienone is 1. The van der Waals surface area contributed by atoms with Crippen molar-refractivity contribution in [1.82, 2.24) is 0 Å². The second kappa shape index (κ2) is 5.89. The van der Waals surface area contributed by atoms with Gasteiger partial charge in [0.1, 0.15) is 8.07 Å². The predicted octanol–water partition coefficient (Wildman–Crippen LogP) is 3.38. The average Bonchev–Trinajstić information content (AvgIpc) is 1.94. The van der Waals surface area contributed by atoms with Crippen LogP contribution in [0, 0.1) is 11.5 Å². The monoisotopic (exact) mass is 178 g/mol. The minimum Gasteiger partial charge on any atom is -0.127 e. The van der Waals surface area contributed by atoms with E-state index >= 15 is 0 Å². The Labute approximate surface area is 77.4 Å². The molecule has 0 saturated heterocycles. The van der Waals surface area contributed by atoms with Gasteiger partial charge in [0.25, 0.3) is 0 Å². The Hall–Kier alpha value is -0.703. The van der Waals surface area contributed by atoms with Gasteiger partial charge in [-0.05, 0) is 12.5 Å². The van der Waals surface area contributed by atoms with E-state index in [1.54, 1.807) is 0 Å². The molecule has 0 N–H and O–H groups in total. The third-order valence-corrected chi connectivity index (χ3v) is 2.05. The van der Waals surface area contributed by atoms with E-state index < -0.39 is 8.07 Å². The largest absolute Gasteiger partial charge is 0.129 e. The van der Waals surface area contributed by atoms with Crippen molar-refractivity contribution in [1.29, 1.82) is 0 Å². The molecule has 0 atom stereocenters. The van der Waals surface area contributed by atoms with Crippen molar-refractivity contribution in [2.24, 2.45) is 0 Å². The summed E-state index contributed by atoms with van der Waals surface area (Å²) in [6.07, 6.45) is 6.15. The first-order valence-electron chi connectivity index (χ1n) is 4.48. The molecule has 0 heterocycles. The first-order valence-corrected chi connectivity index (χ1v) is 7.98. The molecule has 0 amide bonds. The molecular formula is C11H18Si. The lowest BCUT2D eigenvalue weighted by molar-refractivity contribution is 0.960. The van der Waals surface area contributed by atoms with Crippen molar-refractivity contribution < 1.29 is 0 Å². The van der Waals surface area contributed by atoms with Crippen LogP contribution in [-0.4, -0.2) is 8.07 Å². The van der Waals surface area contributed by atoms with Gasteiger partial charge < -0.3 is 0 Å². The van der Waals surface area contributed by atoms with E-state index in [0.29, 0.717) is 0 Å². The fourth-order valence-electron chi connectivity index (χ4n) is 0.581. The van der Waals surface area contributed by atoms with Gasteiger partial charge in [0.15, 0.2) is 0 Å². The van der Waals surface area contributed by atoms with Crippen molar-refractivity contribution in [3.8, 4) is 11.5 Å². The Bertz CT molecular complexity index is 226. The molecule has 12 heavy (non-hydrogen) atoms. The van der Waals surface area contributed by atoms with E-state index in [9.17, 15) is 0 Å². The third-order valence-electron chi connectivity index (χ3n) is 1.15. The minimum absolute atomic E-state index is 1.10. The van der Waals surface area contributed by atoms with Gasteiger partial charge in [0.05, 0.1) is 0 Å². The van der Waals surface area contributed by atoms with Crippen LogP contribution >= 0.6 is 0 Å². The van der Waals surface area contributed by atoms with Crippen LogP contribution in [0.2, 0.25) is 19.6 Å². The van der Waals surface area contributed by atoms with Crippen LogP contribution in [0.4, 0.5) is 0 Å². The van der Waals surface area contributed by atoms with Gasteiger partial charge in [-0.15, -0.1) is 11.3 Å². The van der Waals surface area contributed by atoms with Crippen LogP contribution in [0.3, 0.4) is 0 Å². The molecule has 0 aromatic carbocycles. The normalized spacial score (nSPS) is 9.33. The van der Waals surface area contributed by atoms with Crippen molar-refractivity contribution >= 4 is 8.07 Å². The highest BCUT2D eigenvalue weighted by atomic mass is 28.3. The maximum Gasteiger partial charge on any atom is 0.129 e. The van der Waals surface area contributed by atoms with E-state index in [1.807, 2.05) is 12.2 Å². The van der Waals surface area contributed by atoms with E-state index in [2.05, 4.69) is 43.8 Å². The zero-order chi connectivity index (χ0) is 9.45. The van der Waals surface area contributed by atoms with Crippen LogP contribution in [0.15, 0.2) is 17.9 Å². The standard InChI is InChI=1S/C11H18Si/c1-5-6-7-8-9-10-11-12(2,3)4/h7,9H,5-6H2,1-4H3. The fourth-order valence-corrected chi connectivity index (χ4v) is 1.09. The Morgan fingerprint density at radius 2 is 1.92 bits per heavy atom. The van der Waals surface area contributed by atoms with Crippen LogP contribution in [0.1, 0.15) is 19.8 Å². The summed E-state index contributed by atoms with van der Waals surface area (Å²) in [5, 5.41) is 0. The molecule has 0 fully saturated rings.